The van der Waals surface area contributed by atoms with Gasteiger partial charge >= 0.3 is 0 Å². The van der Waals surface area contributed by atoms with Gasteiger partial charge in [0.15, 0.2) is 0 Å². The summed E-state index contributed by atoms with van der Waals surface area (Å²) in [5, 5.41) is 11.1. The van der Waals surface area contributed by atoms with Crippen LogP contribution in [0.3, 0.4) is 0 Å². The van der Waals surface area contributed by atoms with Gasteiger partial charge in [-0.15, -0.1) is 0 Å². The number of ether oxygens (including phenoxy) is 1. The zero-order valence-electron chi connectivity index (χ0n) is 10.7. The van der Waals surface area contributed by atoms with E-state index in [-0.39, 0.29) is 11.7 Å². The molecule has 0 saturated heterocycles. The Morgan fingerprint density at radius 3 is 2.65 bits per heavy atom. The summed E-state index contributed by atoms with van der Waals surface area (Å²) in [7, 11) is 0. The number of nitrogens with two attached hydrogens (primary N) is 1. The minimum atomic E-state index is -0.479. The summed E-state index contributed by atoms with van der Waals surface area (Å²) in [5.74, 6) is 0.784. The smallest absolute Gasteiger partial charge is 0.273 e. The van der Waals surface area contributed by atoms with E-state index in [0.29, 0.717) is 16.5 Å². The Balaban J connectivity index is 2.26. The molecule has 0 aliphatic heterocycles. The van der Waals surface area contributed by atoms with Gasteiger partial charge in [-0.2, -0.15) is 0 Å². The number of hydrogen-bond donors (Lipinski definition) is 1. The lowest BCUT2D eigenvalue weighted by atomic mass is 10.1. The topological polar surface area (TPSA) is 78.4 Å². The number of benzene rings is 2. The summed E-state index contributed by atoms with van der Waals surface area (Å²) in [4.78, 5) is 10.2. The van der Waals surface area contributed by atoms with Gasteiger partial charge in [-0.25, -0.2) is 0 Å². The normalized spacial score (nSPS) is 11.9. The van der Waals surface area contributed by atoms with Crippen LogP contribution < -0.4 is 10.5 Å². The van der Waals surface area contributed by atoms with Crippen molar-refractivity contribution >= 4 is 17.3 Å². The highest BCUT2D eigenvalue weighted by atomic mass is 35.5. The highest BCUT2D eigenvalue weighted by Gasteiger charge is 2.10. The zero-order chi connectivity index (χ0) is 14.7. The van der Waals surface area contributed by atoms with Crippen molar-refractivity contribution in [1.29, 1.82) is 0 Å². The first-order valence-corrected chi connectivity index (χ1v) is 6.32. The van der Waals surface area contributed by atoms with Gasteiger partial charge in [0.05, 0.1) is 16.0 Å². The van der Waals surface area contributed by atoms with Crippen molar-refractivity contribution in [3.63, 3.8) is 0 Å². The first-order valence-electron chi connectivity index (χ1n) is 5.94. The lowest BCUT2D eigenvalue weighted by Gasteiger charge is -2.10. The van der Waals surface area contributed by atoms with Gasteiger partial charge in [0.25, 0.3) is 5.69 Å². The number of hydrogen-bond acceptors (Lipinski definition) is 4. The fourth-order valence-electron chi connectivity index (χ4n) is 1.67. The van der Waals surface area contributed by atoms with Crippen LogP contribution in [-0.2, 0) is 0 Å². The third kappa shape index (κ3) is 3.26. The van der Waals surface area contributed by atoms with Crippen molar-refractivity contribution in [3.8, 4) is 11.5 Å². The summed E-state index contributed by atoms with van der Waals surface area (Å²) in [5.41, 5.74) is 6.62. The molecule has 2 aromatic rings. The molecule has 0 amide bonds. The van der Waals surface area contributed by atoms with Crippen molar-refractivity contribution < 1.29 is 9.66 Å². The minimum Gasteiger partial charge on any atom is -0.456 e. The Morgan fingerprint density at radius 1 is 1.30 bits per heavy atom. The Hall–Kier alpha value is -2.11. The summed E-state index contributed by atoms with van der Waals surface area (Å²) < 4.78 is 5.56. The quantitative estimate of drug-likeness (QED) is 0.681. The van der Waals surface area contributed by atoms with Crippen LogP contribution in [0.4, 0.5) is 5.69 Å². The van der Waals surface area contributed by atoms with Crippen LogP contribution >= 0.6 is 11.6 Å². The number of nitro benzene ring substituents is 1. The Bertz CT molecular complexity index is 644. The minimum absolute atomic E-state index is 0.0363. The average Bonchev–Trinajstić information content (AvgIpc) is 2.41. The molecular formula is C14H13ClN2O3. The van der Waals surface area contributed by atoms with Gasteiger partial charge in [0.2, 0.25) is 0 Å². The first kappa shape index (κ1) is 14.3. The lowest BCUT2D eigenvalue weighted by molar-refractivity contribution is -0.384. The molecule has 0 radical (unpaired) electrons. The van der Waals surface area contributed by atoms with Crippen molar-refractivity contribution in [2.45, 2.75) is 13.0 Å². The molecule has 1 atom stereocenters. The molecule has 0 aliphatic carbocycles. The highest BCUT2D eigenvalue weighted by Crippen LogP contribution is 2.32. The lowest BCUT2D eigenvalue weighted by Crippen LogP contribution is -2.04. The van der Waals surface area contributed by atoms with E-state index >= 15 is 0 Å². The maximum Gasteiger partial charge on any atom is 0.273 e. The maximum atomic E-state index is 10.7. The number of halogens is 1. The van der Waals surface area contributed by atoms with Gasteiger partial charge in [-0.3, -0.25) is 10.1 Å². The van der Waals surface area contributed by atoms with Crippen LogP contribution in [0, 0.1) is 10.1 Å². The number of nitrogens with zero attached hydrogens (tertiary/aromatic N) is 1. The molecule has 0 unspecified atom stereocenters. The fraction of sp³-hybridized carbons (Fsp3) is 0.143. The van der Waals surface area contributed by atoms with Crippen LogP contribution in [0.25, 0.3) is 0 Å². The molecule has 0 aromatic heterocycles. The molecule has 0 fully saturated rings. The monoisotopic (exact) mass is 292 g/mol. The standard InChI is InChI=1S/C14H13ClN2O3/c1-9(16)10-5-6-14(13(15)7-10)20-12-4-2-3-11(8-12)17(18)19/h2-9H,16H2,1H3/t9-/m1/s1. The molecule has 0 saturated carbocycles. The van der Waals surface area contributed by atoms with E-state index in [4.69, 9.17) is 22.1 Å². The van der Waals surface area contributed by atoms with Crippen LogP contribution in [0.2, 0.25) is 5.02 Å². The van der Waals surface area contributed by atoms with Crippen molar-refractivity contribution in [1.82, 2.24) is 0 Å². The number of non-ortho nitro benzene ring substituents is 1. The van der Waals surface area contributed by atoms with E-state index in [1.165, 1.54) is 12.1 Å². The number of rotatable bonds is 4. The van der Waals surface area contributed by atoms with Crippen LogP contribution in [-0.4, -0.2) is 4.92 Å². The molecule has 0 spiro atoms. The average molecular weight is 293 g/mol. The summed E-state index contributed by atoms with van der Waals surface area (Å²) in [6.07, 6.45) is 0. The van der Waals surface area contributed by atoms with Gasteiger partial charge in [0, 0.05) is 12.1 Å². The van der Waals surface area contributed by atoms with E-state index in [2.05, 4.69) is 0 Å². The second-order valence-corrected chi connectivity index (χ2v) is 4.74. The molecule has 6 heteroatoms. The largest absolute Gasteiger partial charge is 0.456 e. The van der Waals surface area contributed by atoms with E-state index in [1.807, 2.05) is 13.0 Å². The molecule has 0 bridgehead atoms. The Kier molecular flexibility index (Phi) is 4.22. The predicted octanol–water partition coefficient (Wildman–Crippen LogP) is 4.06. The predicted molar refractivity (Wildman–Crippen MR) is 77.2 cm³/mol. The SMILES string of the molecule is C[C@@H](N)c1ccc(Oc2cccc([N+](=O)[O-])c2)c(Cl)c1. The van der Waals surface area contributed by atoms with Crippen LogP contribution in [0.1, 0.15) is 18.5 Å². The molecule has 5 nitrogen and oxygen atoms in total. The molecule has 2 aromatic carbocycles. The molecular weight excluding hydrogens is 280 g/mol. The van der Waals surface area contributed by atoms with Crippen molar-refractivity contribution in [2.24, 2.45) is 5.73 Å². The van der Waals surface area contributed by atoms with E-state index in [9.17, 15) is 10.1 Å². The molecule has 0 aliphatic rings. The van der Waals surface area contributed by atoms with Gasteiger partial charge in [0.1, 0.15) is 11.5 Å². The molecule has 20 heavy (non-hydrogen) atoms. The molecule has 2 N–H and O–H groups in total. The second kappa shape index (κ2) is 5.90. The maximum absolute atomic E-state index is 10.7. The summed E-state index contributed by atoms with van der Waals surface area (Å²) >= 11 is 6.11. The third-order valence-electron chi connectivity index (χ3n) is 2.74. The fourth-order valence-corrected chi connectivity index (χ4v) is 1.90. The summed E-state index contributed by atoms with van der Waals surface area (Å²) in [6, 6.07) is 11.0. The van der Waals surface area contributed by atoms with Crippen molar-refractivity contribution in [3.05, 3.63) is 63.2 Å². The summed E-state index contributed by atoms with van der Waals surface area (Å²) in [6.45, 7) is 1.85. The van der Waals surface area contributed by atoms with Crippen molar-refractivity contribution in [2.75, 3.05) is 0 Å². The molecule has 0 heterocycles. The third-order valence-corrected chi connectivity index (χ3v) is 3.03. The van der Waals surface area contributed by atoms with E-state index < -0.39 is 4.92 Å². The Labute approximate surface area is 121 Å². The van der Waals surface area contributed by atoms with Crippen LogP contribution in [0.15, 0.2) is 42.5 Å². The van der Waals surface area contributed by atoms with Gasteiger partial charge < -0.3 is 10.5 Å². The van der Waals surface area contributed by atoms with Gasteiger partial charge in [-0.05, 0) is 30.7 Å². The highest BCUT2D eigenvalue weighted by molar-refractivity contribution is 6.32. The van der Waals surface area contributed by atoms with E-state index in [1.54, 1.807) is 24.3 Å². The van der Waals surface area contributed by atoms with E-state index in [0.717, 1.165) is 5.56 Å². The number of nitro groups is 1. The zero-order valence-corrected chi connectivity index (χ0v) is 11.5. The second-order valence-electron chi connectivity index (χ2n) is 4.34. The first-order chi connectivity index (χ1) is 9.47. The van der Waals surface area contributed by atoms with Crippen LogP contribution in [0.5, 0.6) is 11.5 Å². The molecule has 104 valence electrons. The Morgan fingerprint density at radius 2 is 2.05 bits per heavy atom. The van der Waals surface area contributed by atoms with Gasteiger partial charge in [-0.1, -0.05) is 23.7 Å². The molecule has 2 rings (SSSR count).